The predicted octanol–water partition coefficient (Wildman–Crippen LogP) is 4.42. The van der Waals surface area contributed by atoms with E-state index < -0.39 is 0 Å². The molecule has 0 fully saturated rings. The van der Waals surface area contributed by atoms with Crippen LogP contribution in [0.1, 0.15) is 27.0 Å². The fraction of sp³-hybridized carbons (Fsp3) is 0.217. The first-order valence-corrected chi connectivity index (χ1v) is 9.26. The number of ether oxygens (including phenoxy) is 1. The normalized spacial score (nSPS) is 10.4. The molecule has 0 bridgehead atoms. The van der Waals surface area contributed by atoms with Crippen LogP contribution in [0.5, 0.6) is 5.75 Å². The lowest BCUT2D eigenvalue weighted by atomic mass is 10.1. The summed E-state index contributed by atoms with van der Waals surface area (Å²) >= 11 is 0. The Morgan fingerprint density at radius 3 is 2.46 bits per heavy atom. The molecule has 1 aromatic heterocycles. The average Bonchev–Trinajstić information content (AvgIpc) is 2.71. The van der Waals surface area contributed by atoms with Crippen LogP contribution in [0.15, 0.2) is 60.8 Å². The fourth-order valence-electron chi connectivity index (χ4n) is 2.91. The molecule has 5 nitrogen and oxygen atoms in total. The summed E-state index contributed by atoms with van der Waals surface area (Å²) in [6, 6.07) is 17.6. The van der Waals surface area contributed by atoms with Gasteiger partial charge in [0, 0.05) is 18.4 Å². The van der Waals surface area contributed by atoms with E-state index in [0.29, 0.717) is 17.9 Å². The van der Waals surface area contributed by atoms with Crippen molar-refractivity contribution in [3.05, 3.63) is 83.0 Å². The highest BCUT2D eigenvalue weighted by molar-refractivity contribution is 5.94. The highest BCUT2D eigenvalue weighted by Gasteiger charge is 2.07. The van der Waals surface area contributed by atoms with Gasteiger partial charge in [-0.05, 0) is 61.7 Å². The second-order valence-electron chi connectivity index (χ2n) is 6.73. The van der Waals surface area contributed by atoms with Crippen LogP contribution in [0.3, 0.4) is 0 Å². The van der Waals surface area contributed by atoms with E-state index in [1.54, 1.807) is 19.4 Å². The maximum absolute atomic E-state index is 12.3. The molecule has 2 aromatic carbocycles. The Bertz CT molecular complexity index is 935. The standard InChI is InChI=1S/C23H25N3O2/c1-16-4-10-21(17(2)14-16)26-22-11-7-19(15-25-22)23(27)24-13-12-18-5-8-20(28-3)9-6-18/h4-11,14-15H,12-13H2,1-3H3,(H,24,27)(H,25,26). The van der Waals surface area contributed by atoms with Gasteiger partial charge in [0.05, 0.1) is 12.7 Å². The van der Waals surface area contributed by atoms with Crippen LogP contribution in [0, 0.1) is 13.8 Å². The van der Waals surface area contributed by atoms with Crippen LogP contribution >= 0.6 is 0 Å². The number of nitrogens with one attached hydrogen (secondary N) is 2. The summed E-state index contributed by atoms with van der Waals surface area (Å²) in [6.45, 7) is 4.69. The topological polar surface area (TPSA) is 63.2 Å². The lowest BCUT2D eigenvalue weighted by Gasteiger charge is -2.10. The van der Waals surface area contributed by atoms with Crippen LogP contribution in [0.4, 0.5) is 11.5 Å². The van der Waals surface area contributed by atoms with Crippen LogP contribution in [-0.2, 0) is 6.42 Å². The highest BCUT2D eigenvalue weighted by Crippen LogP contribution is 2.20. The maximum atomic E-state index is 12.3. The number of methoxy groups -OCH3 is 1. The van der Waals surface area contributed by atoms with E-state index in [0.717, 1.165) is 29.0 Å². The Morgan fingerprint density at radius 1 is 1.04 bits per heavy atom. The first-order valence-electron chi connectivity index (χ1n) is 9.26. The number of benzene rings is 2. The molecular weight excluding hydrogens is 350 g/mol. The number of hydrogen-bond donors (Lipinski definition) is 2. The van der Waals surface area contributed by atoms with Gasteiger partial charge in [-0.2, -0.15) is 0 Å². The lowest BCUT2D eigenvalue weighted by Crippen LogP contribution is -2.25. The van der Waals surface area contributed by atoms with E-state index in [1.165, 1.54) is 5.56 Å². The molecule has 0 aliphatic heterocycles. The van der Waals surface area contributed by atoms with Crippen molar-refractivity contribution in [3.8, 4) is 5.75 Å². The van der Waals surface area contributed by atoms with E-state index in [9.17, 15) is 4.79 Å². The summed E-state index contributed by atoms with van der Waals surface area (Å²) in [5.74, 6) is 1.41. The van der Waals surface area contributed by atoms with Gasteiger partial charge in [-0.3, -0.25) is 4.79 Å². The second kappa shape index (κ2) is 9.04. The van der Waals surface area contributed by atoms with Crippen molar-refractivity contribution >= 4 is 17.4 Å². The number of hydrogen-bond acceptors (Lipinski definition) is 4. The van der Waals surface area contributed by atoms with Crippen molar-refractivity contribution in [1.82, 2.24) is 10.3 Å². The molecule has 0 spiro atoms. The van der Waals surface area contributed by atoms with Crippen molar-refractivity contribution in [1.29, 1.82) is 0 Å². The minimum Gasteiger partial charge on any atom is -0.497 e. The number of amides is 1. The minimum atomic E-state index is -0.126. The van der Waals surface area contributed by atoms with Gasteiger partial charge < -0.3 is 15.4 Å². The summed E-state index contributed by atoms with van der Waals surface area (Å²) in [5, 5.41) is 6.22. The largest absolute Gasteiger partial charge is 0.497 e. The van der Waals surface area contributed by atoms with Crippen LogP contribution < -0.4 is 15.4 Å². The summed E-state index contributed by atoms with van der Waals surface area (Å²) in [6.07, 6.45) is 2.35. The molecule has 0 aliphatic rings. The Kier molecular flexibility index (Phi) is 6.27. The summed E-state index contributed by atoms with van der Waals surface area (Å²) in [7, 11) is 1.64. The summed E-state index contributed by atoms with van der Waals surface area (Å²) in [5.41, 5.74) is 5.07. The molecule has 0 radical (unpaired) electrons. The number of carbonyl (C=O) groups is 1. The van der Waals surface area contributed by atoms with Gasteiger partial charge in [0.1, 0.15) is 11.6 Å². The Hall–Kier alpha value is -3.34. The van der Waals surface area contributed by atoms with E-state index >= 15 is 0 Å². The Morgan fingerprint density at radius 2 is 1.82 bits per heavy atom. The molecule has 3 aromatic rings. The van der Waals surface area contributed by atoms with Crippen molar-refractivity contribution in [3.63, 3.8) is 0 Å². The molecule has 0 aliphatic carbocycles. The molecule has 1 amide bonds. The number of nitrogens with zero attached hydrogens (tertiary/aromatic N) is 1. The Labute approximate surface area is 165 Å². The average molecular weight is 375 g/mol. The third kappa shape index (κ3) is 5.10. The second-order valence-corrected chi connectivity index (χ2v) is 6.73. The third-order valence-electron chi connectivity index (χ3n) is 4.53. The third-order valence-corrected chi connectivity index (χ3v) is 4.53. The molecule has 5 heteroatoms. The van der Waals surface area contributed by atoms with Gasteiger partial charge in [0.2, 0.25) is 0 Å². The maximum Gasteiger partial charge on any atom is 0.252 e. The number of pyridine rings is 1. The van der Waals surface area contributed by atoms with E-state index in [2.05, 4.69) is 41.6 Å². The first-order chi connectivity index (χ1) is 13.5. The molecule has 2 N–H and O–H groups in total. The molecular formula is C23H25N3O2. The zero-order chi connectivity index (χ0) is 19.9. The summed E-state index contributed by atoms with van der Waals surface area (Å²) in [4.78, 5) is 16.7. The monoisotopic (exact) mass is 375 g/mol. The molecule has 3 rings (SSSR count). The van der Waals surface area contributed by atoms with Gasteiger partial charge in [-0.15, -0.1) is 0 Å². The van der Waals surface area contributed by atoms with Gasteiger partial charge in [0.25, 0.3) is 5.91 Å². The number of anilines is 2. The zero-order valence-electron chi connectivity index (χ0n) is 16.5. The van der Waals surface area contributed by atoms with Crippen LogP contribution in [0.25, 0.3) is 0 Å². The van der Waals surface area contributed by atoms with E-state index in [1.807, 2.05) is 36.4 Å². The molecule has 0 unspecified atom stereocenters. The van der Waals surface area contributed by atoms with Gasteiger partial charge in [-0.25, -0.2) is 4.98 Å². The van der Waals surface area contributed by atoms with Crippen molar-refractivity contribution in [2.45, 2.75) is 20.3 Å². The number of aromatic nitrogens is 1. The smallest absolute Gasteiger partial charge is 0.252 e. The minimum absolute atomic E-state index is 0.126. The molecule has 1 heterocycles. The highest BCUT2D eigenvalue weighted by atomic mass is 16.5. The molecule has 144 valence electrons. The number of carbonyl (C=O) groups excluding carboxylic acids is 1. The predicted molar refractivity (Wildman–Crippen MR) is 112 cm³/mol. The van der Waals surface area contributed by atoms with E-state index in [-0.39, 0.29) is 5.91 Å². The Balaban J connectivity index is 1.52. The van der Waals surface area contributed by atoms with Gasteiger partial charge >= 0.3 is 0 Å². The van der Waals surface area contributed by atoms with Gasteiger partial charge in [0.15, 0.2) is 0 Å². The first kappa shape index (κ1) is 19.4. The zero-order valence-corrected chi connectivity index (χ0v) is 16.5. The molecule has 0 atom stereocenters. The molecule has 28 heavy (non-hydrogen) atoms. The van der Waals surface area contributed by atoms with Crippen LogP contribution in [-0.4, -0.2) is 24.5 Å². The van der Waals surface area contributed by atoms with Crippen molar-refractivity contribution in [2.75, 3.05) is 19.0 Å². The van der Waals surface area contributed by atoms with Crippen molar-refractivity contribution < 1.29 is 9.53 Å². The van der Waals surface area contributed by atoms with Crippen molar-refractivity contribution in [2.24, 2.45) is 0 Å². The SMILES string of the molecule is COc1ccc(CCNC(=O)c2ccc(Nc3ccc(C)cc3C)nc2)cc1. The quantitative estimate of drug-likeness (QED) is 0.641. The summed E-state index contributed by atoms with van der Waals surface area (Å²) < 4.78 is 5.15. The number of aryl methyl sites for hydroxylation is 2. The van der Waals surface area contributed by atoms with Gasteiger partial charge in [-0.1, -0.05) is 29.8 Å². The lowest BCUT2D eigenvalue weighted by molar-refractivity contribution is 0.0954. The molecule has 0 saturated heterocycles. The number of rotatable bonds is 7. The van der Waals surface area contributed by atoms with Crippen LogP contribution in [0.2, 0.25) is 0 Å². The fourth-order valence-corrected chi connectivity index (χ4v) is 2.91. The van der Waals surface area contributed by atoms with E-state index in [4.69, 9.17) is 4.74 Å². The molecule has 0 saturated carbocycles.